The summed E-state index contributed by atoms with van der Waals surface area (Å²) in [6, 6.07) is 0. The third kappa shape index (κ3) is 3.80. The topological polar surface area (TPSA) is 63.2 Å². The number of alkyl halides is 3. The Hall–Kier alpha value is 0.290. The minimum atomic E-state index is -3.62. The lowest BCUT2D eigenvalue weighted by Crippen LogP contribution is -2.45. The highest BCUT2D eigenvalue weighted by molar-refractivity contribution is 7.91. The number of amides is 1. The first-order valence-electron chi connectivity index (χ1n) is 2.65. The second-order valence-corrected chi connectivity index (χ2v) is 6.54. The zero-order chi connectivity index (χ0) is 9.99. The van der Waals surface area contributed by atoms with Crippen LogP contribution in [-0.2, 0) is 14.6 Å². The lowest BCUT2D eigenvalue weighted by atomic mass is 10.7. The van der Waals surface area contributed by atoms with E-state index in [2.05, 4.69) is 0 Å². The first kappa shape index (κ1) is 12.3. The Labute approximate surface area is 85.1 Å². The fraction of sp³-hybridized carbons (Fsp3) is 0.750. The van der Waals surface area contributed by atoms with Crippen molar-refractivity contribution in [3.05, 3.63) is 0 Å². The van der Waals surface area contributed by atoms with Gasteiger partial charge in [-0.25, -0.2) is 8.42 Å². The van der Waals surface area contributed by atoms with Gasteiger partial charge in [0.1, 0.15) is 0 Å². The molecule has 1 amide bonds. The summed E-state index contributed by atoms with van der Waals surface area (Å²) in [6.07, 6.45) is 1.02. The Kier molecular flexibility index (Phi) is 4.10. The van der Waals surface area contributed by atoms with E-state index in [4.69, 9.17) is 34.8 Å². The third-order valence-electron chi connectivity index (χ3n) is 0.945. The van der Waals surface area contributed by atoms with Gasteiger partial charge in [-0.3, -0.25) is 4.79 Å². The van der Waals surface area contributed by atoms with Crippen molar-refractivity contribution in [1.29, 1.82) is 0 Å². The molecule has 0 aliphatic carbocycles. The van der Waals surface area contributed by atoms with Crippen LogP contribution >= 0.6 is 34.8 Å². The summed E-state index contributed by atoms with van der Waals surface area (Å²) >= 11 is 15.9. The fourth-order valence-corrected chi connectivity index (χ4v) is 2.96. The molecule has 0 bridgehead atoms. The molecule has 0 spiro atoms. The molecule has 1 atom stereocenters. The van der Waals surface area contributed by atoms with Gasteiger partial charge in [-0.05, 0) is 0 Å². The van der Waals surface area contributed by atoms with Gasteiger partial charge in [0.25, 0.3) is 0 Å². The van der Waals surface area contributed by atoms with Crippen LogP contribution in [-0.4, -0.2) is 30.3 Å². The van der Waals surface area contributed by atoms with Crippen molar-refractivity contribution in [2.45, 2.75) is 9.17 Å². The quantitative estimate of drug-likeness (QED) is 0.588. The van der Waals surface area contributed by atoms with Crippen LogP contribution in [0.5, 0.6) is 0 Å². The standard InChI is InChI=1S/C4H6Cl3NO3S/c1-12(10,11)3(8-2-9)4(5,6)7/h2-3H,1H3,(H,8,9)/t3-/m0/s1. The molecule has 1 N–H and O–H groups in total. The molecule has 0 aromatic carbocycles. The SMILES string of the molecule is CS(=O)(=O)[C@H](NC=O)C(Cl)(Cl)Cl. The fourth-order valence-electron chi connectivity index (χ4n) is 0.523. The molecule has 0 radical (unpaired) electrons. The molecule has 0 aromatic heterocycles. The molecule has 4 nitrogen and oxygen atoms in total. The highest BCUT2D eigenvalue weighted by Crippen LogP contribution is 2.32. The van der Waals surface area contributed by atoms with Crippen LogP contribution in [0.2, 0.25) is 0 Å². The van der Waals surface area contributed by atoms with Crippen molar-refractivity contribution >= 4 is 51.1 Å². The van der Waals surface area contributed by atoms with Crippen molar-refractivity contribution in [3.8, 4) is 0 Å². The summed E-state index contributed by atoms with van der Waals surface area (Å²) in [5.74, 6) is 0. The Morgan fingerprint density at radius 2 is 1.83 bits per heavy atom. The van der Waals surface area contributed by atoms with E-state index >= 15 is 0 Å². The summed E-state index contributed by atoms with van der Waals surface area (Å²) in [5.41, 5.74) is 0. The van der Waals surface area contributed by atoms with Gasteiger partial charge in [-0.15, -0.1) is 0 Å². The van der Waals surface area contributed by atoms with Crippen molar-refractivity contribution in [1.82, 2.24) is 5.32 Å². The van der Waals surface area contributed by atoms with E-state index in [9.17, 15) is 13.2 Å². The zero-order valence-corrected chi connectivity index (χ0v) is 9.01. The predicted molar refractivity (Wildman–Crippen MR) is 48.1 cm³/mol. The molecule has 0 unspecified atom stereocenters. The van der Waals surface area contributed by atoms with Crippen LogP contribution in [0, 0.1) is 0 Å². The van der Waals surface area contributed by atoms with Gasteiger partial charge in [0, 0.05) is 6.26 Å². The van der Waals surface area contributed by atoms with E-state index in [1.807, 2.05) is 5.32 Å². The van der Waals surface area contributed by atoms with E-state index in [-0.39, 0.29) is 6.41 Å². The van der Waals surface area contributed by atoms with Gasteiger partial charge >= 0.3 is 0 Å². The number of carbonyl (C=O) groups is 1. The van der Waals surface area contributed by atoms with E-state index in [1.165, 1.54) is 0 Å². The van der Waals surface area contributed by atoms with Gasteiger partial charge in [-0.1, -0.05) is 34.8 Å². The first-order valence-corrected chi connectivity index (χ1v) is 5.73. The van der Waals surface area contributed by atoms with E-state index < -0.39 is 19.0 Å². The first-order chi connectivity index (χ1) is 5.19. The van der Waals surface area contributed by atoms with Crippen LogP contribution in [0.4, 0.5) is 0 Å². The Morgan fingerprint density at radius 3 is 1.92 bits per heavy atom. The van der Waals surface area contributed by atoms with Crippen LogP contribution in [0.15, 0.2) is 0 Å². The number of hydrogen-bond donors (Lipinski definition) is 1. The zero-order valence-electron chi connectivity index (χ0n) is 5.92. The van der Waals surface area contributed by atoms with Crippen LogP contribution < -0.4 is 5.32 Å². The predicted octanol–water partition coefficient (Wildman–Crippen LogP) is 0.473. The molecule has 0 fully saturated rings. The van der Waals surface area contributed by atoms with Crippen molar-refractivity contribution < 1.29 is 13.2 Å². The molecule has 0 rings (SSSR count). The average molecular weight is 255 g/mol. The minimum Gasteiger partial charge on any atom is -0.339 e. The second kappa shape index (κ2) is 4.00. The lowest BCUT2D eigenvalue weighted by Gasteiger charge is -2.21. The number of carbonyl (C=O) groups excluding carboxylic acids is 1. The highest BCUT2D eigenvalue weighted by atomic mass is 35.6. The monoisotopic (exact) mass is 253 g/mol. The lowest BCUT2D eigenvalue weighted by molar-refractivity contribution is -0.109. The Balaban J connectivity index is 4.81. The molecule has 8 heteroatoms. The molecule has 0 saturated carbocycles. The summed E-state index contributed by atoms with van der Waals surface area (Å²) < 4.78 is 19.7. The molecule has 0 aliphatic rings. The number of hydrogen-bond acceptors (Lipinski definition) is 3. The summed E-state index contributed by atoms with van der Waals surface area (Å²) in [4.78, 5) is 9.96. The second-order valence-electron chi connectivity index (χ2n) is 2.04. The summed E-state index contributed by atoms with van der Waals surface area (Å²) in [5, 5.41) is 0.377. The van der Waals surface area contributed by atoms with Gasteiger partial charge in [0.2, 0.25) is 10.2 Å². The van der Waals surface area contributed by atoms with E-state index in [0.29, 0.717) is 0 Å². The summed E-state index contributed by atoms with van der Waals surface area (Å²) in [7, 11) is -3.62. The van der Waals surface area contributed by atoms with Gasteiger partial charge in [0.15, 0.2) is 15.2 Å². The molecule has 0 aromatic rings. The summed E-state index contributed by atoms with van der Waals surface area (Å²) in [6.45, 7) is 0. The van der Waals surface area contributed by atoms with Crippen molar-refractivity contribution in [2.24, 2.45) is 0 Å². The molecule has 72 valence electrons. The normalized spacial score (nSPS) is 15.3. The molecule has 12 heavy (non-hydrogen) atoms. The Bertz CT molecular complexity index is 257. The average Bonchev–Trinajstić information content (AvgIpc) is 1.77. The molecule has 0 heterocycles. The van der Waals surface area contributed by atoms with E-state index in [1.54, 1.807) is 0 Å². The molecular formula is C4H6Cl3NO3S. The number of halogens is 3. The number of rotatable bonds is 3. The van der Waals surface area contributed by atoms with Gasteiger partial charge in [-0.2, -0.15) is 0 Å². The minimum absolute atomic E-state index is 0.160. The van der Waals surface area contributed by atoms with E-state index in [0.717, 1.165) is 6.26 Å². The Morgan fingerprint density at radius 1 is 1.42 bits per heavy atom. The van der Waals surface area contributed by atoms with Gasteiger partial charge < -0.3 is 5.32 Å². The molecular weight excluding hydrogens is 248 g/mol. The number of nitrogens with one attached hydrogen (secondary N) is 1. The van der Waals surface area contributed by atoms with Crippen LogP contribution in [0.25, 0.3) is 0 Å². The number of sulfone groups is 1. The van der Waals surface area contributed by atoms with Crippen molar-refractivity contribution in [2.75, 3.05) is 6.26 Å². The van der Waals surface area contributed by atoms with Crippen molar-refractivity contribution in [3.63, 3.8) is 0 Å². The highest BCUT2D eigenvalue weighted by Gasteiger charge is 2.39. The maximum atomic E-state index is 10.9. The maximum Gasteiger partial charge on any atom is 0.224 e. The third-order valence-corrected chi connectivity index (χ3v) is 3.33. The van der Waals surface area contributed by atoms with Crippen LogP contribution in [0.3, 0.4) is 0 Å². The smallest absolute Gasteiger partial charge is 0.224 e. The molecule has 0 saturated heterocycles. The van der Waals surface area contributed by atoms with Gasteiger partial charge in [0.05, 0.1) is 0 Å². The largest absolute Gasteiger partial charge is 0.339 e. The van der Waals surface area contributed by atoms with Crippen LogP contribution in [0.1, 0.15) is 0 Å². The molecule has 0 aliphatic heterocycles. The maximum absolute atomic E-state index is 10.9.